The van der Waals surface area contributed by atoms with Crippen molar-refractivity contribution in [2.24, 2.45) is 5.73 Å². The van der Waals surface area contributed by atoms with Gasteiger partial charge in [0.25, 0.3) is 0 Å². The summed E-state index contributed by atoms with van der Waals surface area (Å²) in [6, 6.07) is 0. The summed E-state index contributed by atoms with van der Waals surface area (Å²) in [6.45, 7) is 6.13. The third-order valence-corrected chi connectivity index (χ3v) is 4.10. The fraction of sp³-hybridized carbons (Fsp3) is 0.385. The van der Waals surface area contributed by atoms with Gasteiger partial charge in [0.15, 0.2) is 0 Å². The molecular formula is C13H17N5OS. The van der Waals surface area contributed by atoms with Gasteiger partial charge < -0.3 is 10.5 Å². The van der Waals surface area contributed by atoms with Crippen LogP contribution in [0.15, 0.2) is 5.51 Å². The molecular weight excluding hydrogens is 274 g/mol. The van der Waals surface area contributed by atoms with Crippen LogP contribution in [0.1, 0.15) is 27.4 Å². The van der Waals surface area contributed by atoms with Gasteiger partial charge in [-0.05, 0) is 26.3 Å². The lowest BCUT2D eigenvalue weighted by atomic mass is 10.1. The number of rotatable bonds is 5. The molecule has 2 rings (SSSR count). The van der Waals surface area contributed by atoms with Gasteiger partial charge in [0, 0.05) is 11.3 Å². The number of amidine groups is 1. The minimum absolute atomic E-state index is 0.0514. The van der Waals surface area contributed by atoms with Crippen LogP contribution >= 0.6 is 11.3 Å². The summed E-state index contributed by atoms with van der Waals surface area (Å²) in [6.07, 6.45) is 0.752. The molecule has 7 heteroatoms. The van der Waals surface area contributed by atoms with E-state index in [1.54, 1.807) is 11.3 Å². The van der Waals surface area contributed by atoms with Gasteiger partial charge in [0.05, 0.1) is 29.1 Å². The van der Waals surface area contributed by atoms with Crippen LogP contribution < -0.4 is 10.5 Å². The number of nitrogen functional groups attached to an aromatic ring is 1. The Morgan fingerprint density at radius 1 is 1.30 bits per heavy atom. The molecule has 0 atom stereocenters. The molecule has 0 saturated carbocycles. The highest BCUT2D eigenvalue weighted by Gasteiger charge is 2.15. The number of aryl methyl sites for hydroxylation is 2. The zero-order chi connectivity index (χ0) is 14.7. The first-order chi connectivity index (χ1) is 9.50. The van der Waals surface area contributed by atoms with Gasteiger partial charge in [-0.25, -0.2) is 4.98 Å². The molecule has 0 fully saturated rings. The topological polar surface area (TPSA) is 97.8 Å². The second-order valence-electron chi connectivity index (χ2n) is 4.46. The molecule has 0 aliphatic carbocycles. The summed E-state index contributed by atoms with van der Waals surface area (Å²) in [7, 11) is 0. The maximum Gasteiger partial charge on any atom is 0.244 e. The Kier molecular flexibility index (Phi) is 4.29. The Morgan fingerprint density at radius 2 is 2.05 bits per heavy atom. The zero-order valence-corrected chi connectivity index (χ0v) is 12.5. The van der Waals surface area contributed by atoms with Gasteiger partial charge in [-0.15, -0.1) is 16.4 Å². The van der Waals surface area contributed by atoms with E-state index in [4.69, 9.17) is 15.9 Å². The lowest BCUT2D eigenvalue weighted by Gasteiger charge is -2.12. The smallest absolute Gasteiger partial charge is 0.244 e. The number of hydrogen-bond donors (Lipinski definition) is 2. The van der Waals surface area contributed by atoms with Crippen molar-refractivity contribution in [3.05, 3.63) is 32.9 Å². The van der Waals surface area contributed by atoms with E-state index >= 15 is 0 Å². The summed E-state index contributed by atoms with van der Waals surface area (Å²) in [5, 5.41) is 15.7. The quantitative estimate of drug-likeness (QED) is 0.646. The van der Waals surface area contributed by atoms with E-state index in [0.29, 0.717) is 18.1 Å². The number of aromatic nitrogens is 3. The van der Waals surface area contributed by atoms with Gasteiger partial charge in [0.2, 0.25) is 5.88 Å². The Labute approximate surface area is 121 Å². The van der Waals surface area contributed by atoms with E-state index in [-0.39, 0.29) is 5.84 Å². The van der Waals surface area contributed by atoms with Crippen LogP contribution in [0.3, 0.4) is 0 Å². The molecule has 3 N–H and O–H groups in total. The number of nitrogens with one attached hydrogen (secondary N) is 1. The zero-order valence-electron chi connectivity index (χ0n) is 11.7. The summed E-state index contributed by atoms with van der Waals surface area (Å²) < 4.78 is 5.65. The van der Waals surface area contributed by atoms with Crippen molar-refractivity contribution in [2.75, 3.05) is 6.61 Å². The number of nitrogens with two attached hydrogens (primary N) is 1. The van der Waals surface area contributed by atoms with Crippen molar-refractivity contribution in [1.82, 2.24) is 15.2 Å². The maximum atomic E-state index is 7.64. The van der Waals surface area contributed by atoms with Crippen LogP contribution in [0.25, 0.3) is 0 Å². The van der Waals surface area contributed by atoms with Crippen molar-refractivity contribution in [1.29, 1.82) is 5.41 Å². The van der Waals surface area contributed by atoms with Crippen LogP contribution in [-0.4, -0.2) is 27.6 Å². The molecule has 2 heterocycles. The van der Waals surface area contributed by atoms with Gasteiger partial charge in [-0.1, -0.05) is 0 Å². The largest absolute Gasteiger partial charge is 0.476 e. The van der Waals surface area contributed by atoms with Crippen molar-refractivity contribution < 1.29 is 4.74 Å². The van der Waals surface area contributed by atoms with Crippen molar-refractivity contribution in [3.8, 4) is 5.88 Å². The van der Waals surface area contributed by atoms with Crippen LogP contribution in [-0.2, 0) is 6.42 Å². The van der Waals surface area contributed by atoms with Crippen molar-refractivity contribution in [3.63, 3.8) is 0 Å². The molecule has 20 heavy (non-hydrogen) atoms. The Morgan fingerprint density at radius 3 is 2.65 bits per heavy atom. The first kappa shape index (κ1) is 14.4. The van der Waals surface area contributed by atoms with E-state index < -0.39 is 0 Å². The lowest BCUT2D eigenvalue weighted by Crippen LogP contribution is -2.18. The summed E-state index contributed by atoms with van der Waals surface area (Å²) in [4.78, 5) is 5.38. The highest BCUT2D eigenvalue weighted by atomic mass is 32.1. The molecule has 0 saturated heterocycles. The van der Waals surface area contributed by atoms with Gasteiger partial charge >= 0.3 is 0 Å². The molecule has 106 valence electrons. The molecule has 2 aromatic rings. The van der Waals surface area contributed by atoms with E-state index in [1.165, 1.54) is 4.88 Å². The predicted octanol–water partition coefficient (Wildman–Crippen LogP) is 1.76. The number of nitrogens with zero attached hydrogens (tertiary/aromatic N) is 3. The fourth-order valence-electron chi connectivity index (χ4n) is 1.81. The predicted molar refractivity (Wildman–Crippen MR) is 78.6 cm³/mol. The Hall–Kier alpha value is -2.02. The van der Waals surface area contributed by atoms with Crippen LogP contribution in [0, 0.1) is 26.2 Å². The van der Waals surface area contributed by atoms with Gasteiger partial charge in [-0.2, -0.15) is 5.10 Å². The molecule has 0 unspecified atom stereocenters. The minimum Gasteiger partial charge on any atom is -0.476 e. The number of thiazole rings is 1. The second kappa shape index (κ2) is 5.96. The average molecular weight is 291 g/mol. The van der Waals surface area contributed by atoms with Crippen molar-refractivity contribution >= 4 is 17.2 Å². The molecule has 0 amide bonds. The molecule has 6 nitrogen and oxygen atoms in total. The normalized spacial score (nSPS) is 10.6. The Bertz CT molecular complexity index is 638. The molecule has 2 aromatic heterocycles. The fourth-order valence-corrected chi connectivity index (χ4v) is 2.57. The standard InChI is InChI=1S/C13H17N5OS/c1-7-8(2)17-18-13(11(7)12(14)15)19-5-4-10-9(3)16-6-20-10/h6H,4-5H2,1-3H3,(H3,14,15). The first-order valence-corrected chi connectivity index (χ1v) is 7.08. The number of ether oxygens (including phenoxy) is 1. The highest BCUT2D eigenvalue weighted by Crippen LogP contribution is 2.20. The molecule has 0 aliphatic rings. The second-order valence-corrected chi connectivity index (χ2v) is 5.40. The monoisotopic (exact) mass is 291 g/mol. The van der Waals surface area contributed by atoms with Gasteiger partial charge in [-0.3, -0.25) is 5.41 Å². The van der Waals surface area contributed by atoms with E-state index in [9.17, 15) is 0 Å². The molecule has 0 spiro atoms. The molecule has 0 radical (unpaired) electrons. The van der Waals surface area contributed by atoms with Gasteiger partial charge in [0.1, 0.15) is 5.84 Å². The third-order valence-electron chi connectivity index (χ3n) is 3.10. The maximum absolute atomic E-state index is 7.64. The van der Waals surface area contributed by atoms with E-state index in [1.807, 2.05) is 26.3 Å². The SMILES string of the molecule is Cc1ncsc1CCOc1nnc(C)c(C)c1C(=N)N. The highest BCUT2D eigenvalue weighted by molar-refractivity contribution is 7.09. The summed E-state index contributed by atoms with van der Waals surface area (Å²) in [5.41, 5.74) is 10.6. The molecule has 0 bridgehead atoms. The number of hydrogen-bond acceptors (Lipinski definition) is 6. The summed E-state index contributed by atoms with van der Waals surface area (Å²) in [5.74, 6) is 0.271. The van der Waals surface area contributed by atoms with Crippen molar-refractivity contribution in [2.45, 2.75) is 27.2 Å². The molecule has 0 aliphatic heterocycles. The average Bonchev–Trinajstić information content (AvgIpc) is 2.79. The molecule has 0 aromatic carbocycles. The van der Waals surface area contributed by atoms with Crippen LogP contribution in [0.2, 0.25) is 0 Å². The third kappa shape index (κ3) is 2.93. The minimum atomic E-state index is -0.0514. The Balaban J connectivity index is 2.12. The van der Waals surface area contributed by atoms with Crippen LogP contribution in [0.5, 0.6) is 5.88 Å². The first-order valence-electron chi connectivity index (χ1n) is 6.20. The van der Waals surface area contributed by atoms with E-state index in [0.717, 1.165) is 23.4 Å². The van der Waals surface area contributed by atoms with E-state index in [2.05, 4.69) is 15.2 Å². The lowest BCUT2D eigenvalue weighted by molar-refractivity contribution is 0.305. The van der Waals surface area contributed by atoms with Crippen LogP contribution in [0.4, 0.5) is 0 Å². The summed E-state index contributed by atoms with van der Waals surface area (Å²) >= 11 is 1.61.